The van der Waals surface area contributed by atoms with Gasteiger partial charge in [-0.3, -0.25) is 9.59 Å². The zero-order valence-electron chi connectivity index (χ0n) is 13.4. The van der Waals surface area contributed by atoms with Crippen LogP contribution in [0.4, 0.5) is 10.1 Å². The van der Waals surface area contributed by atoms with Gasteiger partial charge in [-0.1, -0.05) is 13.0 Å². The monoisotopic (exact) mass is 373 g/mol. The molecule has 0 radical (unpaired) electrons. The summed E-state index contributed by atoms with van der Waals surface area (Å²) in [6.45, 7) is 3.16. The Hall–Kier alpha value is -1.31. The maximum absolute atomic E-state index is 14.6. The number of fused-ring (bicyclic) bond motifs is 1. The molecule has 2 aliphatic rings. The molecule has 132 valence electrons. The molecule has 1 atom stereocenters. The number of hydrogen-bond acceptors (Lipinski definition) is 4. The molecular formula is C16H21ClFN3O2S. The number of carbonyl (C=O) groups excluding carboxylic acids is 2. The number of halogens is 2. The lowest BCUT2D eigenvalue weighted by atomic mass is 9.99. The summed E-state index contributed by atoms with van der Waals surface area (Å²) in [6.07, 6.45) is 0.981. The molecule has 1 saturated heterocycles. The van der Waals surface area contributed by atoms with E-state index in [-0.39, 0.29) is 35.7 Å². The van der Waals surface area contributed by atoms with Crippen molar-refractivity contribution in [2.24, 2.45) is 0 Å². The Kier molecular flexibility index (Phi) is 6.48. The first-order valence-electron chi connectivity index (χ1n) is 7.81. The Labute approximate surface area is 151 Å². The van der Waals surface area contributed by atoms with Crippen LogP contribution in [-0.4, -0.2) is 40.9 Å². The van der Waals surface area contributed by atoms with Crippen LogP contribution in [0, 0.1) is 5.82 Å². The van der Waals surface area contributed by atoms with Crippen LogP contribution in [-0.2, 0) is 22.6 Å². The molecule has 8 heteroatoms. The third kappa shape index (κ3) is 3.68. The topological polar surface area (TPSA) is 61.4 Å². The minimum Gasteiger partial charge on any atom is -0.322 e. The van der Waals surface area contributed by atoms with E-state index in [9.17, 15) is 14.0 Å². The maximum Gasteiger partial charge on any atom is 0.248 e. The van der Waals surface area contributed by atoms with Gasteiger partial charge in [0.1, 0.15) is 11.9 Å². The van der Waals surface area contributed by atoms with Gasteiger partial charge in [0.2, 0.25) is 11.8 Å². The molecule has 1 unspecified atom stereocenters. The van der Waals surface area contributed by atoms with E-state index in [1.54, 1.807) is 29.7 Å². The van der Waals surface area contributed by atoms with E-state index in [0.29, 0.717) is 36.6 Å². The molecule has 0 saturated carbocycles. The fourth-order valence-electron chi connectivity index (χ4n) is 2.95. The highest BCUT2D eigenvalue weighted by Gasteiger charge is 2.34. The Bertz CT molecular complexity index is 644. The second-order valence-corrected chi connectivity index (χ2v) is 6.71. The first-order valence-corrected chi connectivity index (χ1v) is 8.96. The normalized spacial score (nSPS) is 19.4. The van der Waals surface area contributed by atoms with Crippen LogP contribution in [0.1, 0.15) is 24.5 Å². The van der Waals surface area contributed by atoms with E-state index >= 15 is 0 Å². The number of amides is 2. The maximum atomic E-state index is 14.6. The van der Waals surface area contributed by atoms with E-state index < -0.39 is 6.04 Å². The summed E-state index contributed by atoms with van der Waals surface area (Å²) in [6, 6.07) is 2.93. The summed E-state index contributed by atoms with van der Waals surface area (Å²) in [7, 11) is 0. The summed E-state index contributed by atoms with van der Waals surface area (Å²) in [4.78, 5) is 25.9. The SMILES string of the molecule is CCC(=O)N1CSCC1C(=O)Nc1ccc2c(c1F)CCNC2.Cl. The smallest absolute Gasteiger partial charge is 0.248 e. The standard InChI is InChI=1S/C16H20FN3O2S.ClH/c1-2-14(21)20-9-23-8-13(20)16(22)19-12-4-3-10-7-18-6-5-11(10)15(12)17;/h3-4,13,18H,2,5-9H2,1H3,(H,19,22);1H. The summed E-state index contributed by atoms with van der Waals surface area (Å²) in [5.41, 5.74) is 1.81. The largest absolute Gasteiger partial charge is 0.322 e. The van der Waals surface area contributed by atoms with E-state index in [2.05, 4.69) is 10.6 Å². The molecule has 3 rings (SSSR count). The van der Waals surface area contributed by atoms with Crippen LogP contribution in [0.25, 0.3) is 0 Å². The molecule has 5 nitrogen and oxygen atoms in total. The van der Waals surface area contributed by atoms with Crippen molar-refractivity contribution in [1.29, 1.82) is 0 Å². The minimum absolute atomic E-state index is 0. The Morgan fingerprint density at radius 1 is 1.46 bits per heavy atom. The third-order valence-corrected chi connectivity index (χ3v) is 5.29. The first kappa shape index (κ1) is 19.0. The molecule has 2 N–H and O–H groups in total. The second kappa shape index (κ2) is 8.18. The van der Waals surface area contributed by atoms with Crippen molar-refractivity contribution in [2.75, 3.05) is 23.5 Å². The van der Waals surface area contributed by atoms with Gasteiger partial charge in [0.15, 0.2) is 0 Å². The zero-order valence-corrected chi connectivity index (χ0v) is 15.1. The number of anilines is 1. The summed E-state index contributed by atoms with van der Waals surface area (Å²) < 4.78 is 14.6. The average molecular weight is 374 g/mol. The van der Waals surface area contributed by atoms with Gasteiger partial charge in [-0.25, -0.2) is 4.39 Å². The number of nitrogens with zero attached hydrogens (tertiary/aromatic N) is 1. The van der Waals surface area contributed by atoms with Crippen LogP contribution in [0.3, 0.4) is 0 Å². The van der Waals surface area contributed by atoms with Crippen LogP contribution >= 0.6 is 24.2 Å². The van der Waals surface area contributed by atoms with Gasteiger partial charge in [0, 0.05) is 18.7 Å². The number of thioether (sulfide) groups is 1. The van der Waals surface area contributed by atoms with Crippen molar-refractivity contribution < 1.29 is 14.0 Å². The fourth-order valence-corrected chi connectivity index (χ4v) is 4.14. The van der Waals surface area contributed by atoms with E-state index in [4.69, 9.17) is 0 Å². The van der Waals surface area contributed by atoms with Crippen molar-refractivity contribution in [1.82, 2.24) is 10.2 Å². The molecular weight excluding hydrogens is 353 g/mol. The highest BCUT2D eigenvalue weighted by atomic mass is 35.5. The molecule has 1 aromatic rings. The van der Waals surface area contributed by atoms with Crippen molar-refractivity contribution in [3.8, 4) is 0 Å². The van der Waals surface area contributed by atoms with Gasteiger partial charge in [-0.15, -0.1) is 24.2 Å². The van der Waals surface area contributed by atoms with Gasteiger partial charge in [0.05, 0.1) is 11.6 Å². The Morgan fingerprint density at radius 2 is 2.25 bits per heavy atom. The zero-order chi connectivity index (χ0) is 16.4. The summed E-state index contributed by atoms with van der Waals surface area (Å²) in [5, 5.41) is 5.87. The molecule has 0 bridgehead atoms. The molecule has 0 aliphatic carbocycles. The van der Waals surface area contributed by atoms with Gasteiger partial charge in [-0.2, -0.15) is 0 Å². The number of benzene rings is 1. The van der Waals surface area contributed by atoms with Crippen molar-refractivity contribution in [2.45, 2.75) is 32.4 Å². The minimum atomic E-state index is -0.524. The quantitative estimate of drug-likeness (QED) is 0.852. The average Bonchev–Trinajstić information content (AvgIpc) is 3.06. The van der Waals surface area contributed by atoms with Crippen LogP contribution < -0.4 is 10.6 Å². The molecule has 2 aliphatic heterocycles. The number of nitrogens with one attached hydrogen (secondary N) is 2. The molecule has 24 heavy (non-hydrogen) atoms. The van der Waals surface area contributed by atoms with Gasteiger partial charge in [0.25, 0.3) is 0 Å². The lowest BCUT2D eigenvalue weighted by Crippen LogP contribution is -2.44. The highest BCUT2D eigenvalue weighted by molar-refractivity contribution is 7.99. The van der Waals surface area contributed by atoms with Gasteiger partial charge in [-0.05, 0) is 30.2 Å². The van der Waals surface area contributed by atoms with Gasteiger partial charge >= 0.3 is 0 Å². The lowest BCUT2D eigenvalue weighted by Gasteiger charge is -2.23. The molecule has 2 amide bonds. The number of hydrogen-bond donors (Lipinski definition) is 2. The van der Waals surface area contributed by atoms with Crippen molar-refractivity contribution in [3.63, 3.8) is 0 Å². The predicted octanol–water partition coefficient (Wildman–Crippen LogP) is 2.14. The van der Waals surface area contributed by atoms with Crippen LogP contribution in [0.15, 0.2) is 12.1 Å². The van der Waals surface area contributed by atoms with E-state index in [1.165, 1.54) is 0 Å². The Balaban J connectivity index is 0.00000208. The number of rotatable bonds is 3. The second-order valence-electron chi connectivity index (χ2n) is 5.71. The number of carbonyl (C=O) groups is 2. The van der Waals surface area contributed by atoms with Crippen molar-refractivity contribution >= 4 is 41.7 Å². The highest BCUT2D eigenvalue weighted by Crippen LogP contribution is 2.27. The van der Waals surface area contributed by atoms with E-state index in [0.717, 1.165) is 12.1 Å². The first-order chi connectivity index (χ1) is 11.1. The molecule has 1 aromatic carbocycles. The molecule has 0 spiro atoms. The summed E-state index contributed by atoms with van der Waals surface area (Å²) >= 11 is 1.54. The third-order valence-electron chi connectivity index (χ3n) is 4.27. The molecule has 1 fully saturated rings. The molecule has 0 aromatic heterocycles. The molecule has 2 heterocycles. The summed E-state index contributed by atoms with van der Waals surface area (Å²) in [5.74, 6) is 0.352. The van der Waals surface area contributed by atoms with E-state index in [1.807, 2.05) is 6.07 Å². The van der Waals surface area contributed by atoms with Crippen LogP contribution in [0.5, 0.6) is 0 Å². The van der Waals surface area contributed by atoms with Crippen molar-refractivity contribution in [3.05, 3.63) is 29.1 Å². The lowest BCUT2D eigenvalue weighted by molar-refractivity contribution is -0.135. The predicted molar refractivity (Wildman–Crippen MR) is 95.9 cm³/mol. The van der Waals surface area contributed by atoms with Crippen LogP contribution in [0.2, 0.25) is 0 Å². The fraction of sp³-hybridized carbons (Fsp3) is 0.500. The van der Waals surface area contributed by atoms with Gasteiger partial charge < -0.3 is 15.5 Å². The Morgan fingerprint density at radius 3 is 3.00 bits per heavy atom.